The highest BCUT2D eigenvalue weighted by atomic mass is 32.1. The number of hydrogen-bond acceptors (Lipinski definition) is 7. The van der Waals surface area contributed by atoms with Crippen LogP contribution in [0.25, 0.3) is 11.0 Å². The number of thiazole rings is 1. The monoisotopic (exact) mass is 304 g/mol. The van der Waals surface area contributed by atoms with Crippen molar-refractivity contribution in [2.75, 3.05) is 5.32 Å². The number of aromatic nitrogens is 5. The van der Waals surface area contributed by atoms with Gasteiger partial charge in [-0.3, -0.25) is 4.68 Å². The van der Waals surface area contributed by atoms with Crippen molar-refractivity contribution >= 4 is 34.2 Å². The highest BCUT2D eigenvalue weighted by Gasteiger charge is 2.16. The molecule has 3 aromatic heterocycles. The topological polar surface area (TPSA) is 106 Å². The van der Waals surface area contributed by atoms with Gasteiger partial charge in [-0.05, 0) is 6.92 Å². The average molecular weight is 304 g/mol. The Labute approximate surface area is 123 Å². The second-order valence-corrected chi connectivity index (χ2v) is 5.36. The molecule has 0 fully saturated rings. The Hall–Kier alpha value is -2.55. The fourth-order valence-corrected chi connectivity index (χ4v) is 2.73. The molecule has 0 aliphatic heterocycles. The van der Waals surface area contributed by atoms with Crippen molar-refractivity contribution in [3.05, 3.63) is 28.6 Å². The molecule has 2 N–H and O–H groups in total. The van der Waals surface area contributed by atoms with Crippen molar-refractivity contribution < 1.29 is 9.90 Å². The van der Waals surface area contributed by atoms with Crippen molar-refractivity contribution in [1.82, 2.24) is 24.7 Å². The van der Waals surface area contributed by atoms with Crippen molar-refractivity contribution in [2.24, 2.45) is 7.05 Å². The molecule has 0 aliphatic carbocycles. The number of aryl methyl sites for hydroxylation is 1. The Kier molecular flexibility index (Phi) is 3.26. The first-order valence-electron chi connectivity index (χ1n) is 6.14. The fourth-order valence-electron chi connectivity index (χ4n) is 1.93. The molecule has 0 aliphatic rings. The molecule has 1 atom stereocenters. The van der Waals surface area contributed by atoms with E-state index in [1.54, 1.807) is 10.9 Å². The number of nitrogens with one attached hydrogen (secondary N) is 1. The number of carbonyl (C=O) groups is 1. The second-order valence-electron chi connectivity index (χ2n) is 4.47. The summed E-state index contributed by atoms with van der Waals surface area (Å²) >= 11 is 1.30. The molecule has 3 heterocycles. The molecule has 8 nitrogen and oxygen atoms in total. The summed E-state index contributed by atoms with van der Waals surface area (Å²) in [5.41, 5.74) is 0.780. The minimum absolute atomic E-state index is 0.0536. The lowest BCUT2D eigenvalue weighted by Crippen LogP contribution is -2.09. The normalized spacial score (nSPS) is 12.5. The molecule has 0 aromatic carbocycles. The van der Waals surface area contributed by atoms with E-state index < -0.39 is 5.97 Å². The van der Waals surface area contributed by atoms with Gasteiger partial charge in [0.1, 0.15) is 17.2 Å². The van der Waals surface area contributed by atoms with Crippen LogP contribution >= 0.6 is 11.3 Å². The van der Waals surface area contributed by atoms with Crippen LogP contribution < -0.4 is 5.32 Å². The molecule has 21 heavy (non-hydrogen) atoms. The van der Waals surface area contributed by atoms with Crippen molar-refractivity contribution in [1.29, 1.82) is 0 Å². The van der Waals surface area contributed by atoms with Gasteiger partial charge in [0.15, 0.2) is 11.3 Å². The second kappa shape index (κ2) is 5.09. The summed E-state index contributed by atoms with van der Waals surface area (Å²) in [7, 11) is 1.81. The minimum atomic E-state index is -1.03. The van der Waals surface area contributed by atoms with Crippen LogP contribution in [-0.4, -0.2) is 35.8 Å². The van der Waals surface area contributed by atoms with E-state index in [9.17, 15) is 4.79 Å². The predicted molar refractivity (Wildman–Crippen MR) is 77.4 cm³/mol. The van der Waals surface area contributed by atoms with E-state index in [1.165, 1.54) is 23.0 Å². The van der Waals surface area contributed by atoms with Gasteiger partial charge in [0.25, 0.3) is 0 Å². The summed E-state index contributed by atoms with van der Waals surface area (Å²) in [5, 5.41) is 19.3. The number of nitrogens with zero attached hydrogens (tertiary/aromatic N) is 5. The van der Waals surface area contributed by atoms with Crippen LogP contribution in [0, 0.1) is 0 Å². The maximum absolute atomic E-state index is 10.9. The summed E-state index contributed by atoms with van der Waals surface area (Å²) in [6.45, 7) is 1.90. The van der Waals surface area contributed by atoms with Gasteiger partial charge in [0, 0.05) is 12.4 Å². The minimum Gasteiger partial charge on any atom is -0.476 e. The Bertz CT molecular complexity index is 811. The molecule has 108 valence electrons. The summed E-state index contributed by atoms with van der Waals surface area (Å²) in [5.74, 6) is -0.380. The molecular formula is C12H12N6O2S. The molecule has 0 saturated carbocycles. The number of anilines is 1. The van der Waals surface area contributed by atoms with E-state index in [0.717, 1.165) is 11.0 Å². The Morgan fingerprint density at radius 2 is 2.29 bits per heavy atom. The first-order valence-corrected chi connectivity index (χ1v) is 7.02. The number of carboxylic acid groups (broad SMARTS) is 1. The van der Waals surface area contributed by atoms with Crippen molar-refractivity contribution in [3.8, 4) is 0 Å². The van der Waals surface area contributed by atoms with Gasteiger partial charge in [0.05, 0.1) is 17.6 Å². The van der Waals surface area contributed by atoms with E-state index >= 15 is 0 Å². The van der Waals surface area contributed by atoms with E-state index in [4.69, 9.17) is 5.11 Å². The van der Waals surface area contributed by atoms with Crippen LogP contribution in [0.4, 0.5) is 5.82 Å². The van der Waals surface area contributed by atoms with E-state index in [0.29, 0.717) is 10.8 Å². The quantitative estimate of drug-likeness (QED) is 0.755. The first-order chi connectivity index (χ1) is 10.1. The number of rotatable bonds is 4. The van der Waals surface area contributed by atoms with E-state index in [-0.39, 0.29) is 11.7 Å². The fraction of sp³-hybridized carbons (Fsp3) is 0.250. The lowest BCUT2D eigenvalue weighted by molar-refractivity contribution is 0.0691. The van der Waals surface area contributed by atoms with E-state index in [2.05, 4.69) is 25.4 Å². The molecule has 0 radical (unpaired) electrons. The zero-order valence-corrected chi connectivity index (χ0v) is 12.1. The van der Waals surface area contributed by atoms with Gasteiger partial charge in [-0.25, -0.2) is 19.7 Å². The maximum Gasteiger partial charge on any atom is 0.355 e. The standard InChI is InChI=1S/C12H12N6O2S/c1-6(11-17-8(4-21-11)12(19)20)16-9-7-3-15-18(2)10(7)14-5-13-9/h3-6H,1-2H3,(H,19,20)(H,13,14,16). The molecular weight excluding hydrogens is 292 g/mol. The summed E-state index contributed by atoms with van der Waals surface area (Å²) < 4.78 is 1.67. The van der Waals surface area contributed by atoms with Gasteiger partial charge >= 0.3 is 5.97 Å². The van der Waals surface area contributed by atoms with Crippen LogP contribution in [0.1, 0.15) is 28.5 Å². The van der Waals surface area contributed by atoms with Gasteiger partial charge < -0.3 is 10.4 Å². The average Bonchev–Trinajstić information content (AvgIpc) is 3.07. The van der Waals surface area contributed by atoms with E-state index in [1.807, 2.05) is 14.0 Å². The number of fused-ring (bicyclic) bond motifs is 1. The summed E-state index contributed by atoms with van der Waals surface area (Å²) in [6, 6.07) is -0.165. The van der Waals surface area contributed by atoms with Gasteiger partial charge in [-0.15, -0.1) is 11.3 Å². The SMILES string of the molecule is CC(Nc1ncnc2c1cnn2C)c1nc(C(=O)O)cs1. The Morgan fingerprint density at radius 3 is 3.00 bits per heavy atom. The third-order valence-corrected chi connectivity index (χ3v) is 4.02. The number of hydrogen-bond donors (Lipinski definition) is 2. The van der Waals surface area contributed by atoms with Crippen LogP contribution in [0.3, 0.4) is 0 Å². The predicted octanol–water partition coefficient (Wildman–Crippen LogP) is 1.69. The molecule has 0 bridgehead atoms. The molecule has 9 heteroatoms. The van der Waals surface area contributed by atoms with Crippen molar-refractivity contribution in [2.45, 2.75) is 13.0 Å². The van der Waals surface area contributed by atoms with Crippen LogP contribution in [-0.2, 0) is 7.05 Å². The highest BCUT2D eigenvalue weighted by Crippen LogP contribution is 2.25. The third-order valence-electron chi connectivity index (χ3n) is 2.99. The smallest absolute Gasteiger partial charge is 0.355 e. The molecule has 3 aromatic rings. The van der Waals surface area contributed by atoms with Gasteiger partial charge in [-0.2, -0.15) is 5.10 Å². The molecule has 3 rings (SSSR count). The molecule has 0 saturated heterocycles. The third kappa shape index (κ3) is 2.42. The van der Waals surface area contributed by atoms with Crippen LogP contribution in [0.15, 0.2) is 17.9 Å². The molecule has 0 amide bonds. The summed E-state index contributed by atoms with van der Waals surface area (Å²) in [6.07, 6.45) is 3.15. The molecule has 1 unspecified atom stereocenters. The lowest BCUT2D eigenvalue weighted by Gasteiger charge is -2.12. The largest absolute Gasteiger partial charge is 0.476 e. The van der Waals surface area contributed by atoms with Gasteiger partial charge in [0.2, 0.25) is 0 Å². The Balaban J connectivity index is 1.88. The van der Waals surface area contributed by atoms with Gasteiger partial charge in [-0.1, -0.05) is 0 Å². The zero-order chi connectivity index (χ0) is 15.0. The van der Waals surface area contributed by atoms with Crippen LogP contribution in [0.5, 0.6) is 0 Å². The number of carboxylic acids is 1. The van der Waals surface area contributed by atoms with Crippen LogP contribution in [0.2, 0.25) is 0 Å². The van der Waals surface area contributed by atoms with Crippen molar-refractivity contribution in [3.63, 3.8) is 0 Å². The lowest BCUT2D eigenvalue weighted by atomic mass is 10.3. The molecule has 0 spiro atoms. The maximum atomic E-state index is 10.9. The first kappa shape index (κ1) is 13.4. The summed E-state index contributed by atoms with van der Waals surface area (Å²) in [4.78, 5) is 23.3. The Morgan fingerprint density at radius 1 is 1.48 bits per heavy atom. The number of aromatic carboxylic acids is 1. The zero-order valence-electron chi connectivity index (χ0n) is 11.3. The highest BCUT2D eigenvalue weighted by molar-refractivity contribution is 7.09.